The second-order valence-electron chi connectivity index (χ2n) is 6.97. The number of aromatic nitrogens is 1. The highest BCUT2D eigenvalue weighted by Gasteiger charge is 2.42. The largest absolute Gasteiger partial charge is 0.497 e. The molecule has 0 radical (unpaired) electrons. The predicted molar refractivity (Wildman–Crippen MR) is 105 cm³/mol. The number of pyridine rings is 1. The van der Waals surface area contributed by atoms with E-state index >= 15 is 0 Å². The lowest BCUT2D eigenvalue weighted by Gasteiger charge is -2.50. The molecule has 0 amide bonds. The van der Waals surface area contributed by atoms with Crippen molar-refractivity contribution in [1.82, 2.24) is 9.88 Å². The normalized spacial score (nSPS) is 29.0. The Labute approximate surface area is 159 Å². The molecular weight excluding hydrogens is 380 g/mol. The summed E-state index contributed by atoms with van der Waals surface area (Å²) in [5.41, 5.74) is 1.85. The van der Waals surface area contributed by atoms with Gasteiger partial charge in [-0.1, -0.05) is 6.08 Å². The van der Waals surface area contributed by atoms with Crippen LogP contribution in [-0.4, -0.2) is 41.2 Å². The fourth-order valence-electron chi connectivity index (χ4n) is 4.44. The third-order valence-electron chi connectivity index (χ3n) is 5.82. The molecule has 0 spiro atoms. The maximum atomic E-state index is 11.2. The summed E-state index contributed by atoms with van der Waals surface area (Å²) in [6.07, 6.45) is 5.62. The van der Waals surface area contributed by atoms with Gasteiger partial charge in [0.25, 0.3) is 0 Å². The molecule has 1 aromatic heterocycles. The molecule has 3 aliphatic heterocycles. The minimum atomic E-state index is -0.504. The minimum absolute atomic E-state index is 0. The van der Waals surface area contributed by atoms with Crippen LogP contribution in [0.1, 0.15) is 24.5 Å². The van der Waals surface area contributed by atoms with Gasteiger partial charge in [0.2, 0.25) is 0 Å². The number of fused-ring (bicyclic) bond motifs is 4. The van der Waals surface area contributed by atoms with Gasteiger partial charge in [-0.05, 0) is 61.1 Å². The van der Waals surface area contributed by atoms with Gasteiger partial charge in [-0.3, -0.25) is 9.88 Å². The molecule has 5 rings (SSSR count). The lowest BCUT2D eigenvalue weighted by molar-refractivity contribution is -0.0444. The molecule has 0 aliphatic carbocycles. The van der Waals surface area contributed by atoms with Gasteiger partial charge in [-0.2, -0.15) is 0 Å². The zero-order valence-corrected chi connectivity index (χ0v) is 16.2. The van der Waals surface area contributed by atoms with Crippen LogP contribution in [-0.2, 0) is 0 Å². The quantitative estimate of drug-likeness (QED) is 0.788. The maximum absolute atomic E-state index is 11.2. The number of benzene rings is 1. The van der Waals surface area contributed by atoms with Gasteiger partial charge < -0.3 is 9.84 Å². The van der Waals surface area contributed by atoms with E-state index in [9.17, 15) is 5.11 Å². The number of nitrogens with zero attached hydrogens (tertiary/aromatic N) is 2. The molecule has 0 saturated carbocycles. The number of rotatable bonds is 4. The fraction of sp³-hybridized carbons (Fsp3) is 0.450. The topological polar surface area (TPSA) is 45.6 Å². The number of ether oxygens (including phenoxy) is 1. The Morgan fingerprint density at radius 1 is 1.40 bits per heavy atom. The lowest BCUT2D eigenvalue weighted by Crippen LogP contribution is -2.54. The number of methoxy groups -OCH3 is 1. The summed E-state index contributed by atoms with van der Waals surface area (Å²) < 4.78 is 5.35. The lowest BCUT2D eigenvalue weighted by atomic mass is 9.73. The predicted octanol–water partition coefficient (Wildman–Crippen LogP) is 3.75. The van der Waals surface area contributed by atoms with Crippen molar-refractivity contribution in [3.05, 3.63) is 48.7 Å². The smallest absolute Gasteiger partial charge is 0.119 e. The van der Waals surface area contributed by atoms with Crippen LogP contribution in [0, 0.1) is 11.8 Å². The Balaban J connectivity index is 0.00000182. The van der Waals surface area contributed by atoms with Crippen LogP contribution in [0.5, 0.6) is 5.75 Å². The van der Waals surface area contributed by atoms with Crippen molar-refractivity contribution in [2.75, 3.05) is 20.2 Å². The van der Waals surface area contributed by atoms with Gasteiger partial charge in [0.1, 0.15) is 5.75 Å². The van der Waals surface area contributed by atoms with Crippen LogP contribution < -0.4 is 4.74 Å². The number of hydrogen-bond acceptors (Lipinski definition) is 4. The first-order chi connectivity index (χ1) is 11.7. The summed E-state index contributed by atoms with van der Waals surface area (Å²) in [4.78, 5) is 6.86. The summed E-state index contributed by atoms with van der Waals surface area (Å²) in [7, 11) is 1.66. The summed E-state index contributed by atoms with van der Waals surface area (Å²) in [5, 5.41) is 12.1. The molecule has 4 unspecified atom stereocenters. The molecule has 3 saturated heterocycles. The summed E-state index contributed by atoms with van der Waals surface area (Å²) in [6, 6.07) is 7.96. The second kappa shape index (κ2) is 7.44. The zero-order valence-electron chi connectivity index (χ0n) is 14.5. The highest BCUT2D eigenvalue weighted by molar-refractivity contribution is 8.93. The second-order valence-corrected chi connectivity index (χ2v) is 6.97. The van der Waals surface area contributed by atoms with Crippen molar-refractivity contribution in [2.45, 2.75) is 25.0 Å². The van der Waals surface area contributed by atoms with Crippen molar-refractivity contribution in [2.24, 2.45) is 11.8 Å². The average Bonchev–Trinajstić information content (AvgIpc) is 2.66. The number of piperidine rings is 3. The first kappa shape index (κ1) is 18.4. The van der Waals surface area contributed by atoms with Crippen molar-refractivity contribution >= 4 is 27.9 Å². The Morgan fingerprint density at radius 3 is 2.92 bits per heavy atom. The van der Waals surface area contributed by atoms with E-state index in [0.29, 0.717) is 11.8 Å². The number of hydrogen-bond donors (Lipinski definition) is 1. The molecule has 25 heavy (non-hydrogen) atoms. The average molecular weight is 405 g/mol. The Morgan fingerprint density at radius 2 is 2.24 bits per heavy atom. The number of aliphatic hydroxyl groups excluding tert-OH is 1. The fourth-order valence-corrected chi connectivity index (χ4v) is 4.44. The first-order valence-corrected chi connectivity index (χ1v) is 8.68. The standard InChI is InChI=1S/C20H24N2O2.BrH/c1-3-13-12-22-9-7-14(13)10-19(22)20(23)16-6-8-21-18-5-4-15(24-2)11-17(16)18;/h3-6,8,11,13-14,19-20,23H,1,7,9-10,12H2,2H3;1H/t13?,14-,19?,20?;/m1./s1. The van der Waals surface area contributed by atoms with E-state index in [0.717, 1.165) is 41.7 Å². The summed E-state index contributed by atoms with van der Waals surface area (Å²) in [5.74, 6) is 2.01. The van der Waals surface area contributed by atoms with Gasteiger partial charge in [-0.15, -0.1) is 23.6 Å². The van der Waals surface area contributed by atoms with Gasteiger partial charge in [-0.25, -0.2) is 0 Å². The molecule has 4 nitrogen and oxygen atoms in total. The minimum Gasteiger partial charge on any atom is -0.497 e. The van der Waals surface area contributed by atoms with Crippen LogP contribution in [0.2, 0.25) is 0 Å². The summed E-state index contributed by atoms with van der Waals surface area (Å²) in [6.45, 7) is 6.07. The van der Waals surface area contributed by atoms with Crippen molar-refractivity contribution < 1.29 is 9.84 Å². The third-order valence-corrected chi connectivity index (χ3v) is 5.82. The molecule has 2 aromatic rings. The van der Waals surface area contributed by atoms with E-state index in [1.54, 1.807) is 13.3 Å². The molecule has 4 heterocycles. The van der Waals surface area contributed by atoms with E-state index in [4.69, 9.17) is 4.74 Å². The third kappa shape index (κ3) is 3.21. The molecule has 134 valence electrons. The van der Waals surface area contributed by atoms with Crippen LogP contribution in [0.3, 0.4) is 0 Å². The van der Waals surface area contributed by atoms with E-state index in [-0.39, 0.29) is 23.0 Å². The highest BCUT2D eigenvalue weighted by Crippen LogP contribution is 2.42. The van der Waals surface area contributed by atoms with Crippen LogP contribution >= 0.6 is 17.0 Å². The SMILES string of the molecule is Br.C=CC1CN2CC[C@@H]1CC2C(O)c1ccnc2ccc(OC)cc12. The molecule has 1 N–H and O–H groups in total. The molecule has 1 aromatic carbocycles. The van der Waals surface area contributed by atoms with Crippen molar-refractivity contribution in [3.63, 3.8) is 0 Å². The van der Waals surface area contributed by atoms with Gasteiger partial charge >= 0.3 is 0 Å². The molecule has 5 heteroatoms. The van der Waals surface area contributed by atoms with Crippen LogP contribution in [0.15, 0.2) is 43.1 Å². The van der Waals surface area contributed by atoms with Gasteiger partial charge in [0.15, 0.2) is 0 Å². The van der Waals surface area contributed by atoms with E-state index in [2.05, 4.69) is 22.5 Å². The summed E-state index contributed by atoms with van der Waals surface area (Å²) >= 11 is 0. The van der Waals surface area contributed by atoms with Crippen molar-refractivity contribution in [3.8, 4) is 5.75 Å². The van der Waals surface area contributed by atoms with E-state index in [1.165, 1.54) is 6.42 Å². The Hall–Kier alpha value is -1.43. The van der Waals surface area contributed by atoms with Gasteiger partial charge in [0, 0.05) is 24.2 Å². The van der Waals surface area contributed by atoms with Crippen molar-refractivity contribution in [1.29, 1.82) is 0 Å². The highest BCUT2D eigenvalue weighted by atomic mass is 79.9. The van der Waals surface area contributed by atoms with E-state index < -0.39 is 6.10 Å². The molecule has 5 atom stereocenters. The first-order valence-electron chi connectivity index (χ1n) is 8.68. The number of aliphatic hydroxyl groups is 1. The molecular formula is C20H25BrN2O2. The number of halogens is 1. The van der Waals surface area contributed by atoms with E-state index in [1.807, 2.05) is 24.3 Å². The Bertz CT molecular complexity index is 766. The molecule has 3 aliphatic rings. The monoisotopic (exact) mass is 404 g/mol. The maximum Gasteiger partial charge on any atom is 0.119 e. The zero-order chi connectivity index (χ0) is 16.7. The molecule has 2 bridgehead atoms. The Kier molecular flexibility index (Phi) is 5.46. The van der Waals surface area contributed by atoms with Gasteiger partial charge in [0.05, 0.1) is 18.7 Å². The van der Waals surface area contributed by atoms with Crippen LogP contribution in [0.25, 0.3) is 10.9 Å². The molecule has 3 fully saturated rings. The van der Waals surface area contributed by atoms with Crippen LogP contribution in [0.4, 0.5) is 0 Å².